The molecule has 3 fully saturated rings. The molecule has 5 rings (SSSR count). The van der Waals surface area contributed by atoms with E-state index in [1.165, 1.54) is 22.7 Å². The number of aromatic nitrogens is 2. The molecule has 120 valence electrons. The van der Waals surface area contributed by atoms with Crippen molar-refractivity contribution in [2.24, 2.45) is 10.8 Å². The summed E-state index contributed by atoms with van der Waals surface area (Å²) in [6.45, 7) is 1.03. The van der Waals surface area contributed by atoms with Gasteiger partial charge in [-0.05, 0) is 19.3 Å². The number of carboxylic acids is 1. The number of thiazole rings is 2. The van der Waals surface area contributed by atoms with Crippen molar-refractivity contribution in [2.45, 2.75) is 32.4 Å². The van der Waals surface area contributed by atoms with Gasteiger partial charge < -0.3 is 10.0 Å². The van der Waals surface area contributed by atoms with Gasteiger partial charge in [-0.3, -0.25) is 19.6 Å². The van der Waals surface area contributed by atoms with E-state index in [9.17, 15) is 14.7 Å². The number of carboxylic acid groups (broad SMARTS) is 1. The first-order valence-corrected chi connectivity index (χ1v) is 9.07. The van der Waals surface area contributed by atoms with Crippen LogP contribution in [0.1, 0.15) is 29.0 Å². The van der Waals surface area contributed by atoms with Gasteiger partial charge in [-0.25, -0.2) is 0 Å². The molecule has 0 atom stereocenters. The lowest BCUT2D eigenvalue weighted by molar-refractivity contribution is -0.226. The molecular weight excluding hydrogens is 334 g/mol. The van der Waals surface area contributed by atoms with Gasteiger partial charge >= 0.3 is 5.97 Å². The molecule has 8 heteroatoms. The highest BCUT2D eigenvalue weighted by Crippen LogP contribution is 2.74. The number of amides is 1. The summed E-state index contributed by atoms with van der Waals surface area (Å²) in [4.78, 5) is 36.3. The number of rotatable bonds is 6. The van der Waals surface area contributed by atoms with Gasteiger partial charge in [0.25, 0.3) is 0 Å². The maximum absolute atomic E-state index is 13.0. The van der Waals surface area contributed by atoms with E-state index in [1.807, 2.05) is 4.90 Å². The van der Waals surface area contributed by atoms with E-state index < -0.39 is 16.8 Å². The summed E-state index contributed by atoms with van der Waals surface area (Å²) in [6, 6.07) is 0. The van der Waals surface area contributed by atoms with Gasteiger partial charge in [-0.1, -0.05) is 0 Å². The third-order valence-electron chi connectivity index (χ3n) is 4.89. The van der Waals surface area contributed by atoms with Crippen LogP contribution in [0.3, 0.4) is 0 Å². The first-order valence-electron chi connectivity index (χ1n) is 7.31. The molecule has 3 saturated carbocycles. The standard InChI is InChI=1S/C15H15N3O3S2/c19-12(14-5-15(6-14,7-14)13(20)21)18(3-10-1-16-8-22-10)4-11-2-17-9-23-11/h1-2,8-9H,3-7H2,(H,20,21). The van der Waals surface area contributed by atoms with Crippen LogP contribution in [0.2, 0.25) is 0 Å². The lowest BCUT2D eigenvalue weighted by atomic mass is 9.34. The van der Waals surface area contributed by atoms with Crippen molar-refractivity contribution in [1.29, 1.82) is 0 Å². The number of hydrogen-bond acceptors (Lipinski definition) is 6. The largest absolute Gasteiger partial charge is 0.481 e. The van der Waals surface area contributed by atoms with E-state index in [2.05, 4.69) is 9.97 Å². The average molecular weight is 349 g/mol. The molecule has 1 amide bonds. The molecule has 3 aliphatic carbocycles. The Bertz CT molecular complexity index is 686. The number of hydrogen-bond donors (Lipinski definition) is 1. The van der Waals surface area contributed by atoms with Crippen LogP contribution in [0.4, 0.5) is 0 Å². The lowest BCUT2D eigenvalue weighted by Crippen LogP contribution is -2.70. The van der Waals surface area contributed by atoms with E-state index in [1.54, 1.807) is 23.4 Å². The highest BCUT2D eigenvalue weighted by atomic mass is 32.1. The second kappa shape index (κ2) is 5.10. The van der Waals surface area contributed by atoms with Crippen LogP contribution in [-0.4, -0.2) is 31.9 Å². The van der Waals surface area contributed by atoms with Crippen molar-refractivity contribution in [3.63, 3.8) is 0 Å². The highest BCUT2D eigenvalue weighted by molar-refractivity contribution is 7.09. The second-order valence-electron chi connectivity index (χ2n) is 6.49. The Morgan fingerprint density at radius 3 is 1.96 bits per heavy atom. The molecule has 0 aliphatic heterocycles. The molecule has 23 heavy (non-hydrogen) atoms. The van der Waals surface area contributed by atoms with Crippen LogP contribution in [0.25, 0.3) is 0 Å². The van der Waals surface area contributed by atoms with Crippen molar-refractivity contribution in [2.75, 3.05) is 0 Å². The van der Waals surface area contributed by atoms with E-state index in [-0.39, 0.29) is 5.91 Å². The minimum Gasteiger partial charge on any atom is -0.481 e. The molecule has 6 nitrogen and oxygen atoms in total. The Morgan fingerprint density at radius 2 is 1.57 bits per heavy atom. The van der Waals surface area contributed by atoms with Gasteiger partial charge in [0.15, 0.2) is 0 Å². The fraction of sp³-hybridized carbons (Fsp3) is 0.467. The van der Waals surface area contributed by atoms with Crippen LogP contribution in [0.15, 0.2) is 23.4 Å². The first kappa shape index (κ1) is 14.8. The van der Waals surface area contributed by atoms with Crippen molar-refractivity contribution in [1.82, 2.24) is 14.9 Å². The molecule has 2 heterocycles. The van der Waals surface area contributed by atoms with Gasteiger partial charge in [0.05, 0.1) is 34.9 Å². The fourth-order valence-corrected chi connectivity index (χ4v) is 5.01. The van der Waals surface area contributed by atoms with E-state index >= 15 is 0 Å². The minimum atomic E-state index is -0.761. The normalized spacial score (nSPS) is 27.8. The monoisotopic (exact) mass is 349 g/mol. The zero-order chi connectivity index (χ0) is 16.1. The van der Waals surface area contributed by atoms with Crippen molar-refractivity contribution < 1.29 is 14.7 Å². The van der Waals surface area contributed by atoms with Gasteiger partial charge in [0.2, 0.25) is 5.91 Å². The van der Waals surface area contributed by atoms with E-state index in [4.69, 9.17) is 0 Å². The number of aliphatic carboxylic acids is 1. The summed E-state index contributed by atoms with van der Waals surface area (Å²) in [5, 5.41) is 9.24. The SMILES string of the molecule is O=C(O)C12CC(C(=O)N(Cc3cncs3)Cc3cncs3)(C1)C2. The molecule has 2 bridgehead atoms. The molecular formula is C15H15N3O3S2. The summed E-state index contributed by atoms with van der Waals surface area (Å²) in [5.41, 5.74) is 2.43. The Hall–Kier alpha value is -1.80. The summed E-state index contributed by atoms with van der Waals surface area (Å²) in [6.07, 6.45) is 5.00. The zero-order valence-corrected chi connectivity index (χ0v) is 13.9. The summed E-state index contributed by atoms with van der Waals surface area (Å²) < 4.78 is 0. The highest BCUT2D eigenvalue weighted by Gasteiger charge is 2.75. The van der Waals surface area contributed by atoms with Crippen LogP contribution in [0, 0.1) is 10.8 Å². The maximum atomic E-state index is 13.0. The maximum Gasteiger partial charge on any atom is 0.309 e. The first-order chi connectivity index (χ1) is 11.0. The number of carbonyl (C=O) groups excluding carboxylic acids is 1. The quantitative estimate of drug-likeness (QED) is 0.866. The summed E-state index contributed by atoms with van der Waals surface area (Å²) in [7, 11) is 0. The van der Waals surface area contributed by atoms with Crippen molar-refractivity contribution in [3.8, 4) is 0 Å². The molecule has 1 N–H and O–H groups in total. The minimum absolute atomic E-state index is 0.0717. The third-order valence-corrected chi connectivity index (χ3v) is 6.41. The lowest BCUT2D eigenvalue weighted by Gasteiger charge is -2.67. The molecule has 0 saturated heterocycles. The van der Waals surface area contributed by atoms with Gasteiger partial charge in [0.1, 0.15) is 0 Å². The van der Waals surface area contributed by atoms with Gasteiger partial charge in [-0.2, -0.15) is 0 Å². The van der Waals surface area contributed by atoms with Crippen molar-refractivity contribution in [3.05, 3.63) is 33.2 Å². The van der Waals surface area contributed by atoms with Crippen LogP contribution in [-0.2, 0) is 22.7 Å². The second-order valence-corrected chi connectivity index (χ2v) is 8.43. The fourth-order valence-electron chi connectivity index (χ4n) is 3.79. The molecule has 2 aromatic rings. The third kappa shape index (κ3) is 2.28. The molecule has 2 aromatic heterocycles. The zero-order valence-electron chi connectivity index (χ0n) is 12.3. The predicted octanol–water partition coefficient (Wildman–Crippen LogP) is 2.38. The van der Waals surface area contributed by atoms with Crippen LogP contribution in [0.5, 0.6) is 0 Å². The molecule has 0 unspecified atom stereocenters. The van der Waals surface area contributed by atoms with E-state index in [0.29, 0.717) is 32.4 Å². The Morgan fingerprint density at radius 1 is 1.04 bits per heavy atom. The molecule has 0 aromatic carbocycles. The molecule has 3 aliphatic rings. The topological polar surface area (TPSA) is 83.4 Å². The Kier molecular flexibility index (Phi) is 3.28. The molecule has 0 radical (unpaired) electrons. The van der Waals surface area contributed by atoms with Crippen molar-refractivity contribution >= 4 is 34.6 Å². The van der Waals surface area contributed by atoms with Crippen LogP contribution < -0.4 is 0 Å². The smallest absolute Gasteiger partial charge is 0.309 e. The Labute approximate surface area is 140 Å². The molecule has 0 spiro atoms. The predicted molar refractivity (Wildman–Crippen MR) is 84.8 cm³/mol. The van der Waals surface area contributed by atoms with E-state index in [0.717, 1.165) is 9.75 Å². The summed E-state index contributed by atoms with van der Waals surface area (Å²) >= 11 is 3.05. The average Bonchev–Trinajstić information content (AvgIpc) is 3.07. The van der Waals surface area contributed by atoms with Gasteiger partial charge in [-0.15, -0.1) is 22.7 Å². The Balaban J connectivity index is 1.51. The summed E-state index contributed by atoms with van der Waals surface area (Å²) in [5.74, 6) is -0.689. The number of nitrogens with zero attached hydrogens (tertiary/aromatic N) is 3. The van der Waals surface area contributed by atoms with Gasteiger partial charge in [0, 0.05) is 22.1 Å². The van der Waals surface area contributed by atoms with Crippen LogP contribution >= 0.6 is 22.7 Å². The number of carbonyl (C=O) groups is 2.